The Kier molecular flexibility index (Phi) is 6.22. The molecule has 0 aromatic heterocycles. The van der Waals surface area contributed by atoms with Gasteiger partial charge in [-0.2, -0.15) is 0 Å². The van der Waals surface area contributed by atoms with E-state index in [1.54, 1.807) is 0 Å². The first-order valence-electron chi connectivity index (χ1n) is 7.85. The van der Waals surface area contributed by atoms with Crippen LogP contribution in [0.1, 0.15) is 52.7 Å². The number of rotatable bonds is 6. The van der Waals surface area contributed by atoms with Crippen LogP contribution in [0.25, 0.3) is 0 Å². The number of benzene rings is 1. The van der Waals surface area contributed by atoms with Crippen molar-refractivity contribution >= 4 is 18.1 Å². The first kappa shape index (κ1) is 19.6. The Hall–Kier alpha value is -0.440. The van der Waals surface area contributed by atoms with Gasteiger partial charge in [0.2, 0.25) is 0 Å². The highest BCUT2D eigenvalue weighted by Crippen LogP contribution is 2.61. The molecule has 126 valence electrons. The topological polar surface area (TPSA) is 46.2 Å². The second kappa shape index (κ2) is 6.98. The first-order chi connectivity index (χ1) is 10.00. The molecule has 0 saturated heterocycles. The number of hydrogen-bond acceptors (Lipinski definition) is 2. The summed E-state index contributed by atoms with van der Waals surface area (Å²) in [7, 11) is -3.85. The molecule has 22 heavy (non-hydrogen) atoms. The quantitative estimate of drug-likeness (QED) is 0.766. The highest BCUT2D eigenvalue weighted by Gasteiger charge is 2.45. The van der Waals surface area contributed by atoms with Crippen LogP contribution in [0.2, 0.25) is 0 Å². The van der Waals surface area contributed by atoms with Gasteiger partial charge in [-0.15, -0.1) is 0 Å². The molecule has 1 N–H and O–H groups in total. The lowest BCUT2D eigenvalue weighted by molar-refractivity contribution is 0.515. The van der Waals surface area contributed by atoms with Crippen LogP contribution in [-0.2, 0) is 20.8 Å². The predicted octanol–water partition coefficient (Wildman–Crippen LogP) is 4.62. The highest BCUT2D eigenvalue weighted by atomic mass is 32.2. The summed E-state index contributed by atoms with van der Waals surface area (Å²) < 4.78 is 29.0. The Morgan fingerprint density at radius 3 is 1.86 bits per heavy atom. The third-order valence-corrected chi connectivity index (χ3v) is 10.2. The largest absolute Gasteiger partial charge is 0.321 e. The summed E-state index contributed by atoms with van der Waals surface area (Å²) in [6.45, 7) is 13.7. The van der Waals surface area contributed by atoms with Crippen LogP contribution in [0.5, 0.6) is 0 Å². The zero-order chi connectivity index (χ0) is 17.2. The number of nitrogens with one attached hydrogen (secondary N) is 1. The standard InChI is InChI=1S/C17H30NO2PS/c1-8-21(19,9-2)17(7,18-22(20)16(4,5)6)15-12-10-14(3)11-13-15/h10-13,18H,8-9H2,1-7H3/t17-,22+/m1/s1. The lowest BCUT2D eigenvalue weighted by atomic mass is 10.1. The Morgan fingerprint density at radius 2 is 1.50 bits per heavy atom. The number of aryl methyl sites for hydroxylation is 1. The molecule has 0 aliphatic carbocycles. The predicted molar refractivity (Wildman–Crippen MR) is 98.3 cm³/mol. The molecule has 1 aromatic rings. The van der Waals surface area contributed by atoms with E-state index in [2.05, 4.69) is 4.72 Å². The normalized spacial score (nSPS) is 17.0. The molecule has 0 heterocycles. The summed E-state index contributed by atoms with van der Waals surface area (Å²) in [5.74, 6) is 0. The Balaban J connectivity index is 3.42. The average Bonchev–Trinajstić information content (AvgIpc) is 2.45. The van der Waals surface area contributed by atoms with Gasteiger partial charge in [-0.05, 0) is 40.2 Å². The van der Waals surface area contributed by atoms with E-state index in [-0.39, 0.29) is 0 Å². The van der Waals surface area contributed by atoms with Crippen LogP contribution >= 0.6 is 7.14 Å². The smallest absolute Gasteiger partial charge is 0.111 e. The third kappa shape index (κ3) is 3.90. The van der Waals surface area contributed by atoms with Crippen LogP contribution in [0, 0.1) is 6.92 Å². The van der Waals surface area contributed by atoms with Gasteiger partial charge >= 0.3 is 0 Å². The molecule has 1 rings (SSSR count). The summed E-state index contributed by atoms with van der Waals surface area (Å²) in [5.41, 5.74) is 2.11. The van der Waals surface area contributed by atoms with Gasteiger partial charge in [-0.25, -0.2) is 8.93 Å². The van der Waals surface area contributed by atoms with E-state index < -0.39 is 28.2 Å². The Labute approximate surface area is 138 Å². The van der Waals surface area contributed by atoms with E-state index >= 15 is 0 Å². The highest BCUT2D eigenvalue weighted by molar-refractivity contribution is 7.85. The van der Waals surface area contributed by atoms with Gasteiger partial charge in [-0.3, -0.25) is 0 Å². The van der Waals surface area contributed by atoms with Crippen molar-refractivity contribution in [1.82, 2.24) is 4.72 Å². The third-order valence-electron chi connectivity index (χ3n) is 4.30. The maximum atomic E-state index is 13.5. The molecule has 1 aromatic carbocycles. The molecule has 3 nitrogen and oxygen atoms in total. The Bertz CT molecular complexity index is 569. The summed E-state index contributed by atoms with van der Waals surface area (Å²) in [6.07, 6.45) is 1.17. The van der Waals surface area contributed by atoms with Crippen molar-refractivity contribution in [2.24, 2.45) is 0 Å². The molecule has 0 bridgehead atoms. The molecule has 0 spiro atoms. The van der Waals surface area contributed by atoms with Gasteiger partial charge in [0.05, 0.1) is 15.7 Å². The van der Waals surface area contributed by atoms with Crippen LogP contribution in [-0.4, -0.2) is 21.3 Å². The van der Waals surface area contributed by atoms with Crippen LogP contribution < -0.4 is 4.72 Å². The molecule has 5 heteroatoms. The maximum absolute atomic E-state index is 13.5. The summed E-state index contributed by atoms with van der Waals surface area (Å²) in [6, 6.07) is 8.04. The van der Waals surface area contributed by atoms with Gasteiger partial charge in [0.1, 0.15) is 12.4 Å². The second-order valence-electron chi connectivity index (χ2n) is 6.94. The van der Waals surface area contributed by atoms with Crippen molar-refractivity contribution in [3.05, 3.63) is 35.4 Å². The fraction of sp³-hybridized carbons (Fsp3) is 0.647. The maximum Gasteiger partial charge on any atom is 0.111 e. The zero-order valence-electron chi connectivity index (χ0n) is 14.9. The van der Waals surface area contributed by atoms with Gasteiger partial charge in [0.25, 0.3) is 0 Å². The molecule has 0 aliphatic heterocycles. The molecule has 0 radical (unpaired) electrons. The van der Waals surface area contributed by atoms with E-state index in [1.165, 1.54) is 0 Å². The fourth-order valence-corrected chi connectivity index (χ4v) is 6.48. The van der Waals surface area contributed by atoms with Crippen molar-refractivity contribution in [1.29, 1.82) is 0 Å². The summed E-state index contributed by atoms with van der Waals surface area (Å²) >= 11 is 0. The fourth-order valence-electron chi connectivity index (χ4n) is 2.45. The van der Waals surface area contributed by atoms with Crippen molar-refractivity contribution in [2.75, 3.05) is 12.3 Å². The monoisotopic (exact) mass is 343 g/mol. The molecular formula is C17H30NO2PS. The van der Waals surface area contributed by atoms with Gasteiger partial charge in [0, 0.05) is 12.3 Å². The molecule has 0 amide bonds. The van der Waals surface area contributed by atoms with Crippen LogP contribution in [0.3, 0.4) is 0 Å². The van der Waals surface area contributed by atoms with Crippen molar-refractivity contribution in [3.63, 3.8) is 0 Å². The second-order valence-corrected chi connectivity index (χ2v) is 12.8. The van der Waals surface area contributed by atoms with Crippen LogP contribution in [0.4, 0.5) is 0 Å². The summed E-state index contributed by atoms with van der Waals surface area (Å²) in [4.78, 5) is 0. The molecule has 2 atom stereocenters. The van der Waals surface area contributed by atoms with E-state index in [0.29, 0.717) is 12.3 Å². The minimum atomic E-state index is -2.57. The van der Waals surface area contributed by atoms with Gasteiger partial charge < -0.3 is 4.57 Å². The molecule has 0 unspecified atom stereocenters. The Morgan fingerprint density at radius 1 is 1.05 bits per heavy atom. The number of hydrogen-bond donors (Lipinski definition) is 1. The van der Waals surface area contributed by atoms with E-state index in [4.69, 9.17) is 0 Å². The average molecular weight is 343 g/mol. The lowest BCUT2D eigenvalue weighted by Gasteiger charge is -2.39. The minimum absolute atomic E-state index is 0.404. The molecule has 0 saturated carbocycles. The van der Waals surface area contributed by atoms with Crippen molar-refractivity contribution in [3.8, 4) is 0 Å². The van der Waals surface area contributed by atoms with Crippen LogP contribution in [0.15, 0.2) is 24.3 Å². The zero-order valence-corrected chi connectivity index (χ0v) is 16.6. The molecule has 0 aliphatic rings. The van der Waals surface area contributed by atoms with Crippen molar-refractivity contribution in [2.45, 2.75) is 58.5 Å². The van der Waals surface area contributed by atoms with Gasteiger partial charge in [0.15, 0.2) is 0 Å². The SMILES string of the molecule is CCP(=O)(CC)[C@@](C)(N[S@@](=O)C(C)(C)C)c1ccc(C)cc1. The summed E-state index contributed by atoms with van der Waals surface area (Å²) in [5, 5.41) is -0.775. The molecular weight excluding hydrogens is 313 g/mol. The van der Waals surface area contributed by atoms with E-state index in [0.717, 1.165) is 11.1 Å². The van der Waals surface area contributed by atoms with Crippen molar-refractivity contribution < 1.29 is 8.77 Å². The minimum Gasteiger partial charge on any atom is -0.321 e. The first-order valence-corrected chi connectivity index (χ1v) is 11.1. The van der Waals surface area contributed by atoms with Gasteiger partial charge in [-0.1, -0.05) is 43.7 Å². The van der Waals surface area contributed by atoms with E-state index in [9.17, 15) is 8.77 Å². The molecule has 0 fully saturated rings. The lowest BCUT2D eigenvalue weighted by Crippen LogP contribution is -2.46. The van der Waals surface area contributed by atoms with E-state index in [1.807, 2.05) is 72.7 Å².